The van der Waals surface area contributed by atoms with Crippen LogP contribution in [0, 0.1) is 11.8 Å². The number of fused-ring (bicyclic) bond motifs is 3. The Hall–Kier alpha value is -2.70. The van der Waals surface area contributed by atoms with E-state index in [0.29, 0.717) is 25.3 Å². The molecule has 0 saturated heterocycles. The van der Waals surface area contributed by atoms with Crippen molar-refractivity contribution in [1.29, 1.82) is 0 Å². The van der Waals surface area contributed by atoms with Crippen LogP contribution in [0.1, 0.15) is 42.6 Å². The molecule has 1 heterocycles. The molecule has 2 aliphatic rings. The van der Waals surface area contributed by atoms with Crippen LogP contribution >= 0.6 is 0 Å². The van der Waals surface area contributed by atoms with Crippen LogP contribution in [-0.2, 0) is 16.1 Å². The molecule has 1 saturated carbocycles. The minimum Gasteiger partial charge on any atom is -0.394 e. The molecule has 0 bridgehead atoms. The van der Waals surface area contributed by atoms with E-state index in [1.807, 2.05) is 62.5 Å². The van der Waals surface area contributed by atoms with E-state index in [-0.39, 0.29) is 42.4 Å². The fraction of sp³-hybridized carbons (Fsp3) is 0.481. The zero-order chi connectivity index (χ0) is 23.5. The van der Waals surface area contributed by atoms with Crippen molar-refractivity contribution in [2.45, 2.75) is 45.4 Å². The van der Waals surface area contributed by atoms with Gasteiger partial charge in [0.15, 0.2) is 0 Å². The van der Waals surface area contributed by atoms with Crippen molar-refractivity contribution >= 4 is 11.8 Å². The summed E-state index contributed by atoms with van der Waals surface area (Å²) in [6.45, 7) is 5.10. The number of benzene rings is 2. The Labute approximate surface area is 196 Å². The minimum absolute atomic E-state index is 0.0326. The van der Waals surface area contributed by atoms with Gasteiger partial charge in [0.05, 0.1) is 25.4 Å². The lowest BCUT2D eigenvalue weighted by molar-refractivity contribution is -0.134. The quantitative estimate of drug-likeness (QED) is 0.756. The molecule has 4 rings (SSSR count). The minimum atomic E-state index is -0.338. The second kappa shape index (κ2) is 10.1. The monoisotopic (exact) mass is 450 g/mol. The third-order valence-electron chi connectivity index (χ3n) is 6.85. The van der Waals surface area contributed by atoms with Gasteiger partial charge in [-0.2, -0.15) is 0 Å². The predicted molar refractivity (Wildman–Crippen MR) is 128 cm³/mol. The molecule has 176 valence electrons. The smallest absolute Gasteiger partial charge is 0.254 e. The maximum atomic E-state index is 13.8. The third kappa shape index (κ3) is 5.12. The van der Waals surface area contributed by atoms with Gasteiger partial charge in [0.1, 0.15) is 0 Å². The van der Waals surface area contributed by atoms with Gasteiger partial charge < -0.3 is 19.6 Å². The first-order valence-electron chi connectivity index (χ1n) is 11.9. The van der Waals surface area contributed by atoms with Crippen LogP contribution in [0.5, 0.6) is 0 Å². The first-order chi connectivity index (χ1) is 15.9. The van der Waals surface area contributed by atoms with Crippen LogP contribution in [0.4, 0.5) is 0 Å². The zero-order valence-electron chi connectivity index (χ0n) is 19.7. The highest BCUT2D eigenvalue weighted by atomic mass is 16.5. The second-order valence-electron chi connectivity index (χ2n) is 9.51. The van der Waals surface area contributed by atoms with Gasteiger partial charge in [-0.3, -0.25) is 9.59 Å². The van der Waals surface area contributed by atoms with Crippen molar-refractivity contribution in [2.24, 2.45) is 11.8 Å². The van der Waals surface area contributed by atoms with Crippen LogP contribution in [0.25, 0.3) is 11.1 Å². The lowest BCUT2D eigenvalue weighted by Crippen LogP contribution is -2.47. The maximum absolute atomic E-state index is 13.8. The van der Waals surface area contributed by atoms with Gasteiger partial charge in [0.25, 0.3) is 5.91 Å². The predicted octanol–water partition coefficient (Wildman–Crippen LogP) is 3.58. The van der Waals surface area contributed by atoms with Gasteiger partial charge in [-0.05, 0) is 42.5 Å². The number of ether oxygens (including phenoxy) is 1. The first kappa shape index (κ1) is 23.5. The van der Waals surface area contributed by atoms with Gasteiger partial charge >= 0.3 is 0 Å². The van der Waals surface area contributed by atoms with E-state index in [2.05, 4.69) is 6.92 Å². The van der Waals surface area contributed by atoms with E-state index < -0.39 is 0 Å². The van der Waals surface area contributed by atoms with Crippen molar-refractivity contribution in [3.63, 3.8) is 0 Å². The average molecular weight is 451 g/mol. The number of hydrogen-bond acceptors (Lipinski definition) is 4. The molecule has 1 N–H and O–H groups in total. The van der Waals surface area contributed by atoms with Crippen LogP contribution in [0.2, 0.25) is 0 Å². The first-order valence-corrected chi connectivity index (χ1v) is 11.9. The number of rotatable bonds is 5. The van der Waals surface area contributed by atoms with Crippen molar-refractivity contribution in [2.75, 3.05) is 26.7 Å². The van der Waals surface area contributed by atoms with Gasteiger partial charge in [-0.15, -0.1) is 0 Å². The number of aliphatic hydroxyl groups is 1. The van der Waals surface area contributed by atoms with Crippen LogP contribution in [0.15, 0.2) is 48.5 Å². The Balaban J connectivity index is 1.73. The molecule has 2 amide bonds. The summed E-state index contributed by atoms with van der Waals surface area (Å²) in [4.78, 5) is 29.9. The Morgan fingerprint density at radius 2 is 1.76 bits per heavy atom. The summed E-state index contributed by atoms with van der Waals surface area (Å²) in [6.07, 6.45) is 1.69. The molecule has 33 heavy (non-hydrogen) atoms. The summed E-state index contributed by atoms with van der Waals surface area (Å²) in [5.41, 5.74) is 3.46. The normalized spacial score (nSPS) is 22.1. The highest BCUT2D eigenvalue weighted by Crippen LogP contribution is 2.33. The molecule has 3 atom stereocenters. The van der Waals surface area contributed by atoms with Gasteiger partial charge in [-0.1, -0.05) is 49.4 Å². The van der Waals surface area contributed by atoms with Gasteiger partial charge in [-0.25, -0.2) is 0 Å². The highest BCUT2D eigenvalue weighted by Gasteiger charge is 2.35. The second-order valence-corrected chi connectivity index (χ2v) is 9.51. The van der Waals surface area contributed by atoms with E-state index in [0.717, 1.165) is 29.5 Å². The topological polar surface area (TPSA) is 70.1 Å². The Bertz CT molecular complexity index is 1000. The maximum Gasteiger partial charge on any atom is 0.254 e. The zero-order valence-corrected chi connectivity index (χ0v) is 19.7. The van der Waals surface area contributed by atoms with E-state index in [1.165, 1.54) is 0 Å². The van der Waals surface area contributed by atoms with Crippen LogP contribution < -0.4 is 0 Å². The van der Waals surface area contributed by atoms with Gasteiger partial charge in [0.2, 0.25) is 5.91 Å². The molecule has 0 unspecified atom stereocenters. The largest absolute Gasteiger partial charge is 0.394 e. The van der Waals surface area contributed by atoms with E-state index in [4.69, 9.17) is 4.74 Å². The van der Waals surface area contributed by atoms with E-state index >= 15 is 0 Å². The summed E-state index contributed by atoms with van der Waals surface area (Å²) >= 11 is 0. The summed E-state index contributed by atoms with van der Waals surface area (Å²) in [5, 5.41) is 9.91. The lowest BCUT2D eigenvalue weighted by atomic mass is 9.94. The fourth-order valence-corrected chi connectivity index (χ4v) is 4.55. The number of hydrogen-bond donors (Lipinski definition) is 1. The number of carbonyl (C=O) groups excluding carboxylic acids is 2. The Morgan fingerprint density at radius 3 is 2.42 bits per heavy atom. The van der Waals surface area contributed by atoms with Crippen LogP contribution in [0.3, 0.4) is 0 Å². The van der Waals surface area contributed by atoms with Crippen molar-refractivity contribution in [1.82, 2.24) is 9.80 Å². The molecule has 0 spiro atoms. The molecule has 2 aromatic rings. The summed E-state index contributed by atoms with van der Waals surface area (Å²) in [7, 11) is 1.84. The summed E-state index contributed by atoms with van der Waals surface area (Å²) in [5.74, 6) is 0.187. The Kier molecular flexibility index (Phi) is 7.15. The summed E-state index contributed by atoms with van der Waals surface area (Å²) in [6, 6.07) is 15.3. The number of aliphatic hydroxyl groups excluding tert-OH is 1. The van der Waals surface area contributed by atoms with Crippen molar-refractivity contribution < 1.29 is 19.4 Å². The molecule has 2 aromatic carbocycles. The number of likely N-dealkylation sites (N-methyl/N-ethyl adjacent to an activating group) is 1. The Morgan fingerprint density at radius 1 is 1.12 bits per heavy atom. The standard InChI is InChI=1S/C27H34N2O4/c1-18-14-29(19(2)16-30)27(32)24-11-7-6-10-23(24)22-9-5-4-8-21(22)17-33-25(18)15-28(3)26(31)20-12-13-20/h4-11,18-20,25,30H,12-17H2,1-3H3/t18-,19-,25-/m0/s1. The molecule has 1 aliphatic carbocycles. The number of nitrogens with zero attached hydrogens (tertiary/aromatic N) is 2. The molecule has 1 fully saturated rings. The van der Waals surface area contributed by atoms with E-state index in [1.54, 1.807) is 9.80 Å². The van der Waals surface area contributed by atoms with Gasteiger partial charge in [0, 0.05) is 37.5 Å². The molecule has 1 aliphatic heterocycles. The molecular formula is C27H34N2O4. The lowest BCUT2D eigenvalue weighted by Gasteiger charge is -2.35. The molecule has 0 aromatic heterocycles. The fourth-order valence-electron chi connectivity index (χ4n) is 4.55. The molecule has 6 nitrogen and oxygen atoms in total. The van der Waals surface area contributed by atoms with Crippen molar-refractivity contribution in [3.05, 3.63) is 59.7 Å². The molecule has 0 radical (unpaired) electrons. The van der Waals surface area contributed by atoms with Crippen molar-refractivity contribution in [3.8, 4) is 11.1 Å². The highest BCUT2D eigenvalue weighted by molar-refractivity contribution is 6.01. The average Bonchev–Trinajstić information content (AvgIpc) is 3.68. The summed E-state index contributed by atoms with van der Waals surface area (Å²) < 4.78 is 6.45. The number of carbonyl (C=O) groups is 2. The molecular weight excluding hydrogens is 416 g/mol. The third-order valence-corrected chi connectivity index (χ3v) is 6.85. The SMILES string of the molecule is C[C@H]1CN([C@@H](C)CO)C(=O)c2ccccc2-c2ccccc2CO[C@H]1CN(C)C(=O)C1CC1. The number of amides is 2. The molecule has 6 heteroatoms. The van der Waals surface area contributed by atoms with Crippen LogP contribution in [-0.4, -0.2) is 65.6 Å². The van der Waals surface area contributed by atoms with E-state index in [9.17, 15) is 14.7 Å².